The molecule has 2 saturated heterocycles. The van der Waals surface area contributed by atoms with Crippen molar-refractivity contribution in [2.24, 2.45) is 0 Å². The Labute approximate surface area is 128 Å². The van der Waals surface area contributed by atoms with Crippen molar-refractivity contribution in [3.8, 4) is 0 Å². The van der Waals surface area contributed by atoms with E-state index >= 15 is 0 Å². The normalized spacial score (nSPS) is 27.7. The number of carbonyl (C=O) groups is 1. The summed E-state index contributed by atoms with van der Waals surface area (Å²) in [5.74, 6) is -1.09. The van der Waals surface area contributed by atoms with Crippen LogP contribution in [0.15, 0.2) is 16.3 Å². The van der Waals surface area contributed by atoms with Gasteiger partial charge in [-0.3, -0.25) is 4.90 Å². The van der Waals surface area contributed by atoms with Gasteiger partial charge in [0.1, 0.15) is 4.88 Å². The maximum Gasteiger partial charge on any atom is 0.345 e. The number of hydrogen-bond acceptors (Lipinski definition) is 5. The lowest BCUT2D eigenvalue weighted by molar-refractivity contribution is 0.0702. The van der Waals surface area contributed by atoms with Gasteiger partial charge >= 0.3 is 5.97 Å². The molecule has 2 atom stereocenters. The van der Waals surface area contributed by atoms with Crippen molar-refractivity contribution in [2.75, 3.05) is 19.6 Å². The third-order valence-electron chi connectivity index (χ3n) is 4.27. The average Bonchev–Trinajstić information content (AvgIpc) is 3.06. The third kappa shape index (κ3) is 2.61. The zero-order chi connectivity index (χ0) is 15.2. The minimum atomic E-state index is -3.61. The number of carboxylic acid groups (broad SMARTS) is 1. The van der Waals surface area contributed by atoms with Gasteiger partial charge < -0.3 is 5.11 Å². The molecule has 0 bridgehead atoms. The van der Waals surface area contributed by atoms with Gasteiger partial charge in [0.15, 0.2) is 0 Å². The van der Waals surface area contributed by atoms with E-state index in [-0.39, 0.29) is 15.8 Å². The van der Waals surface area contributed by atoms with E-state index in [1.54, 1.807) is 0 Å². The van der Waals surface area contributed by atoms with E-state index in [0.29, 0.717) is 12.6 Å². The number of aromatic carboxylic acids is 1. The molecule has 2 fully saturated rings. The molecule has 2 aliphatic heterocycles. The fraction of sp³-hybridized carbons (Fsp3) is 0.615. The molecule has 0 amide bonds. The van der Waals surface area contributed by atoms with E-state index in [2.05, 4.69) is 4.90 Å². The standard InChI is InChI=1S/C13H18N2O4S2/c1-9-6-14-4-2-3-10(14)7-15(9)21(18,19)11-5-12(13(16)17)20-8-11/h5,8-10H,2-4,6-7H2,1H3,(H,16,17). The summed E-state index contributed by atoms with van der Waals surface area (Å²) in [4.78, 5) is 13.4. The number of sulfonamides is 1. The van der Waals surface area contributed by atoms with E-state index in [0.717, 1.165) is 37.3 Å². The Balaban J connectivity index is 1.88. The number of carboxylic acids is 1. The summed E-state index contributed by atoms with van der Waals surface area (Å²) in [5, 5.41) is 10.4. The van der Waals surface area contributed by atoms with Crippen LogP contribution in [0.3, 0.4) is 0 Å². The van der Waals surface area contributed by atoms with Crippen LogP contribution in [0.1, 0.15) is 29.4 Å². The summed E-state index contributed by atoms with van der Waals surface area (Å²) >= 11 is 0.953. The van der Waals surface area contributed by atoms with Crippen LogP contribution in [0.2, 0.25) is 0 Å². The first kappa shape index (κ1) is 15.0. The first-order valence-electron chi connectivity index (χ1n) is 6.97. The molecule has 2 aliphatic rings. The molecule has 0 saturated carbocycles. The van der Waals surface area contributed by atoms with Crippen LogP contribution in [-0.2, 0) is 10.0 Å². The topological polar surface area (TPSA) is 77.9 Å². The maximum atomic E-state index is 12.7. The summed E-state index contributed by atoms with van der Waals surface area (Å²) in [6.45, 7) is 4.21. The lowest BCUT2D eigenvalue weighted by Crippen LogP contribution is -2.56. The molecule has 0 radical (unpaired) electrons. The summed E-state index contributed by atoms with van der Waals surface area (Å²) in [7, 11) is -3.61. The molecule has 3 heterocycles. The van der Waals surface area contributed by atoms with E-state index in [4.69, 9.17) is 5.11 Å². The van der Waals surface area contributed by atoms with Crippen LogP contribution in [0, 0.1) is 0 Å². The van der Waals surface area contributed by atoms with Gasteiger partial charge in [-0.25, -0.2) is 13.2 Å². The Bertz CT molecular complexity index is 655. The van der Waals surface area contributed by atoms with Crippen LogP contribution in [0.4, 0.5) is 0 Å². The highest BCUT2D eigenvalue weighted by Crippen LogP contribution is 2.30. The van der Waals surface area contributed by atoms with Gasteiger partial charge in [-0.05, 0) is 32.4 Å². The molecule has 3 rings (SSSR count). The highest BCUT2D eigenvalue weighted by atomic mass is 32.2. The SMILES string of the molecule is CC1CN2CCCC2CN1S(=O)(=O)c1csc(C(=O)O)c1. The van der Waals surface area contributed by atoms with Crippen LogP contribution < -0.4 is 0 Å². The minimum Gasteiger partial charge on any atom is -0.477 e. The van der Waals surface area contributed by atoms with Gasteiger partial charge in [0.25, 0.3) is 0 Å². The lowest BCUT2D eigenvalue weighted by atomic mass is 10.1. The lowest BCUT2D eigenvalue weighted by Gasteiger charge is -2.41. The van der Waals surface area contributed by atoms with E-state index in [1.807, 2.05) is 6.92 Å². The summed E-state index contributed by atoms with van der Waals surface area (Å²) in [6.07, 6.45) is 2.15. The summed E-state index contributed by atoms with van der Waals surface area (Å²) in [5.41, 5.74) is 0. The molecular weight excluding hydrogens is 312 g/mol. The fourth-order valence-electron chi connectivity index (χ4n) is 3.20. The average molecular weight is 330 g/mol. The molecule has 1 aromatic rings. The molecule has 0 aromatic carbocycles. The van der Waals surface area contributed by atoms with E-state index < -0.39 is 16.0 Å². The highest BCUT2D eigenvalue weighted by Gasteiger charge is 2.40. The number of fused-ring (bicyclic) bond motifs is 1. The zero-order valence-electron chi connectivity index (χ0n) is 11.7. The van der Waals surface area contributed by atoms with Gasteiger partial charge in [0.05, 0.1) is 4.90 Å². The van der Waals surface area contributed by atoms with Crippen LogP contribution in [0.25, 0.3) is 0 Å². The molecular formula is C13H18N2O4S2. The predicted octanol–water partition coefficient (Wildman–Crippen LogP) is 1.30. The maximum absolute atomic E-state index is 12.7. The van der Waals surface area contributed by atoms with Gasteiger partial charge in [0.2, 0.25) is 10.0 Å². The van der Waals surface area contributed by atoms with Crippen molar-refractivity contribution in [1.82, 2.24) is 9.21 Å². The minimum absolute atomic E-state index is 0.0562. The molecule has 0 aliphatic carbocycles. The quantitative estimate of drug-likeness (QED) is 0.904. The highest BCUT2D eigenvalue weighted by molar-refractivity contribution is 7.89. The number of piperazine rings is 1. The van der Waals surface area contributed by atoms with Crippen molar-refractivity contribution >= 4 is 27.3 Å². The van der Waals surface area contributed by atoms with Crippen LogP contribution >= 0.6 is 11.3 Å². The Morgan fingerprint density at radius 1 is 1.43 bits per heavy atom. The molecule has 2 unspecified atom stereocenters. The van der Waals surface area contributed by atoms with E-state index in [9.17, 15) is 13.2 Å². The van der Waals surface area contributed by atoms with Gasteiger partial charge in [0, 0.05) is 30.6 Å². The molecule has 116 valence electrons. The molecule has 6 nitrogen and oxygen atoms in total. The monoisotopic (exact) mass is 330 g/mol. The number of nitrogens with zero attached hydrogens (tertiary/aromatic N) is 2. The van der Waals surface area contributed by atoms with Crippen molar-refractivity contribution in [3.05, 3.63) is 16.3 Å². The molecule has 1 aromatic heterocycles. The smallest absolute Gasteiger partial charge is 0.345 e. The van der Waals surface area contributed by atoms with Crippen LogP contribution in [-0.4, -0.2) is 60.4 Å². The Morgan fingerprint density at radius 2 is 2.19 bits per heavy atom. The van der Waals surface area contributed by atoms with Crippen molar-refractivity contribution in [1.29, 1.82) is 0 Å². The van der Waals surface area contributed by atoms with Crippen molar-refractivity contribution in [3.63, 3.8) is 0 Å². The number of thiophene rings is 1. The molecule has 21 heavy (non-hydrogen) atoms. The number of rotatable bonds is 3. The molecule has 8 heteroatoms. The second-order valence-electron chi connectivity index (χ2n) is 5.67. The largest absolute Gasteiger partial charge is 0.477 e. The van der Waals surface area contributed by atoms with E-state index in [1.165, 1.54) is 15.8 Å². The summed E-state index contributed by atoms with van der Waals surface area (Å²) in [6, 6.07) is 1.47. The number of hydrogen-bond donors (Lipinski definition) is 1. The first-order valence-corrected chi connectivity index (χ1v) is 9.29. The second-order valence-corrected chi connectivity index (χ2v) is 8.47. The van der Waals surface area contributed by atoms with Gasteiger partial charge in [-0.1, -0.05) is 0 Å². The van der Waals surface area contributed by atoms with Crippen molar-refractivity contribution in [2.45, 2.75) is 36.7 Å². The third-order valence-corrected chi connectivity index (χ3v) is 7.30. The Morgan fingerprint density at radius 3 is 2.86 bits per heavy atom. The van der Waals surface area contributed by atoms with Crippen molar-refractivity contribution < 1.29 is 18.3 Å². The molecule has 1 N–H and O–H groups in total. The Kier molecular flexibility index (Phi) is 3.81. The van der Waals surface area contributed by atoms with Gasteiger partial charge in [-0.15, -0.1) is 11.3 Å². The van der Waals surface area contributed by atoms with Gasteiger partial charge in [-0.2, -0.15) is 4.31 Å². The fourth-order valence-corrected chi connectivity index (χ4v) is 5.96. The van der Waals surface area contributed by atoms with Crippen LogP contribution in [0.5, 0.6) is 0 Å². The summed E-state index contributed by atoms with van der Waals surface area (Å²) < 4.78 is 27.0. The second kappa shape index (κ2) is 5.35. The first-order chi connectivity index (χ1) is 9.89. The Hall–Kier alpha value is -0.960. The zero-order valence-corrected chi connectivity index (χ0v) is 13.4. The predicted molar refractivity (Wildman–Crippen MR) is 79.2 cm³/mol. The molecule has 0 spiro atoms.